The summed E-state index contributed by atoms with van der Waals surface area (Å²) in [6.45, 7) is 0. The van der Waals surface area contributed by atoms with E-state index in [0.717, 1.165) is 18.4 Å². The van der Waals surface area contributed by atoms with Gasteiger partial charge in [0.05, 0.1) is 0 Å². The van der Waals surface area contributed by atoms with Crippen molar-refractivity contribution in [2.75, 3.05) is 7.11 Å². The van der Waals surface area contributed by atoms with Gasteiger partial charge in [0.15, 0.2) is 0 Å². The Labute approximate surface area is 72.3 Å². The minimum atomic E-state index is -0.531. The molecule has 0 heterocycles. The molecule has 0 aliphatic heterocycles. The van der Waals surface area contributed by atoms with E-state index in [9.17, 15) is 0 Å². The normalized spacial score (nSPS) is 27.2. The number of hydrogen-bond donors (Lipinski definition) is 1. The average molecular weight is 163 g/mol. The second-order valence-corrected chi connectivity index (χ2v) is 3.25. The van der Waals surface area contributed by atoms with Gasteiger partial charge in [-0.25, -0.2) is 0 Å². The van der Waals surface area contributed by atoms with Crippen molar-refractivity contribution in [3.63, 3.8) is 0 Å². The van der Waals surface area contributed by atoms with Crippen LogP contribution in [0.1, 0.15) is 17.5 Å². The fourth-order valence-electron chi connectivity index (χ4n) is 1.82. The van der Waals surface area contributed by atoms with Gasteiger partial charge in [-0.05, 0) is 18.4 Å². The van der Waals surface area contributed by atoms with Crippen LogP contribution in [0, 0.1) is 0 Å². The van der Waals surface area contributed by atoms with Gasteiger partial charge in [-0.3, -0.25) is 5.73 Å². The molecule has 1 aliphatic carbocycles. The predicted octanol–water partition coefficient (Wildman–Crippen LogP) is 1.39. The molecule has 64 valence electrons. The van der Waals surface area contributed by atoms with Crippen molar-refractivity contribution in [3.05, 3.63) is 35.4 Å². The van der Waals surface area contributed by atoms with E-state index in [0.29, 0.717) is 0 Å². The Bertz CT molecular complexity index is 298. The highest BCUT2D eigenvalue weighted by molar-refractivity contribution is 5.36. The zero-order valence-corrected chi connectivity index (χ0v) is 7.21. The molecule has 0 saturated carbocycles. The van der Waals surface area contributed by atoms with Crippen LogP contribution in [0.5, 0.6) is 0 Å². The number of methoxy groups -OCH3 is 1. The Kier molecular flexibility index (Phi) is 1.67. The standard InChI is InChI=1S/C10H13NO/c1-12-10(11)7-6-8-4-2-3-5-9(8)10/h2-5H,6-7,11H2,1H3. The van der Waals surface area contributed by atoms with Crippen LogP contribution in [0.3, 0.4) is 0 Å². The molecule has 0 spiro atoms. The second kappa shape index (κ2) is 2.57. The molecule has 0 radical (unpaired) electrons. The van der Waals surface area contributed by atoms with E-state index in [1.165, 1.54) is 5.56 Å². The molecule has 1 atom stereocenters. The molecular weight excluding hydrogens is 150 g/mol. The van der Waals surface area contributed by atoms with Crippen LogP contribution in [0.4, 0.5) is 0 Å². The van der Waals surface area contributed by atoms with Gasteiger partial charge in [0.25, 0.3) is 0 Å². The SMILES string of the molecule is COC1(N)CCc2ccccc21. The molecule has 2 N–H and O–H groups in total. The minimum absolute atomic E-state index is 0.531. The third kappa shape index (κ3) is 0.958. The fourth-order valence-corrected chi connectivity index (χ4v) is 1.82. The smallest absolute Gasteiger partial charge is 0.143 e. The van der Waals surface area contributed by atoms with Crippen molar-refractivity contribution in [2.24, 2.45) is 5.73 Å². The van der Waals surface area contributed by atoms with Gasteiger partial charge in [0.1, 0.15) is 5.72 Å². The molecule has 1 aromatic carbocycles. The second-order valence-electron chi connectivity index (χ2n) is 3.25. The van der Waals surface area contributed by atoms with Crippen LogP contribution < -0.4 is 5.73 Å². The molecule has 0 saturated heterocycles. The van der Waals surface area contributed by atoms with Gasteiger partial charge < -0.3 is 4.74 Å². The molecule has 2 heteroatoms. The lowest BCUT2D eigenvalue weighted by Gasteiger charge is -2.23. The highest BCUT2D eigenvalue weighted by Crippen LogP contribution is 2.34. The number of hydrogen-bond acceptors (Lipinski definition) is 2. The first kappa shape index (κ1) is 7.77. The molecule has 0 amide bonds. The first-order valence-electron chi connectivity index (χ1n) is 4.19. The van der Waals surface area contributed by atoms with E-state index in [1.807, 2.05) is 18.2 Å². The van der Waals surface area contributed by atoms with Gasteiger partial charge >= 0.3 is 0 Å². The lowest BCUT2D eigenvalue weighted by Crippen LogP contribution is -2.35. The van der Waals surface area contributed by atoms with Gasteiger partial charge in [0.2, 0.25) is 0 Å². The Balaban J connectivity index is 2.49. The van der Waals surface area contributed by atoms with Gasteiger partial charge in [-0.2, -0.15) is 0 Å². The highest BCUT2D eigenvalue weighted by Gasteiger charge is 2.34. The Morgan fingerprint density at radius 3 is 2.92 bits per heavy atom. The zero-order valence-electron chi connectivity index (χ0n) is 7.21. The third-order valence-electron chi connectivity index (χ3n) is 2.60. The van der Waals surface area contributed by atoms with E-state index < -0.39 is 5.72 Å². The summed E-state index contributed by atoms with van der Waals surface area (Å²) < 4.78 is 5.30. The molecule has 1 aromatic rings. The molecule has 2 rings (SSSR count). The molecule has 0 aromatic heterocycles. The van der Waals surface area contributed by atoms with Crippen LogP contribution >= 0.6 is 0 Å². The van der Waals surface area contributed by atoms with Crippen LogP contribution in [-0.2, 0) is 16.9 Å². The van der Waals surface area contributed by atoms with E-state index in [4.69, 9.17) is 10.5 Å². The number of nitrogens with two attached hydrogens (primary N) is 1. The van der Waals surface area contributed by atoms with E-state index >= 15 is 0 Å². The summed E-state index contributed by atoms with van der Waals surface area (Å²) >= 11 is 0. The van der Waals surface area contributed by atoms with Crippen LogP contribution in [0.2, 0.25) is 0 Å². The minimum Gasteiger partial charge on any atom is -0.360 e. The largest absolute Gasteiger partial charge is 0.360 e. The van der Waals surface area contributed by atoms with Gasteiger partial charge in [0, 0.05) is 12.7 Å². The zero-order chi connectivity index (χ0) is 8.60. The Morgan fingerprint density at radius 1 is 1.42 bits per heavy atom. The number of aryl methyl sites for hydroxylation is 1. The number of rotatable bonds is 1. The highest BCUT2D eigenvalue weighted by atomic mass is 16.5. The van der Waals surface area contributed by atoms with Crippen molar-refractivity contribution < 1.29 is 4.74 Å². The third-order valence-corrected chi connectivity index (χ3v) is 2.60. The van der Waals surface area contributed by atoms with Gasteiger partial charge in [-0.15, -0.1) is 0 Å². The van der Waals surface area contributed by atoms with Gasteiger partial charge in [-0.1, -0.05) is 24.3 Å². The first-order chi connectivity index (χ1) is 5.76. The summed E-state index contributed by atoms with van der Waals surface area (Å²) in [4.78, 5) is 0. The van der Waals surface area contributed by atoms with Crippen molar-refractivity contribution in [2.45, 2.75) is 18.6 Å². The number of ether oxygens (including phenoxy) is 1. The maximum absolute atomic E-state index is 6.05. The average Bonchev–Trinajstić information content (AvgIpc) is 2.46. The summed E-state index contributed by atoms with van der Waals surface area (Å²) in [5.74, 6) is 0. The lowest BCUT2D eigenvalue weighted by molar-refractivity contribution is -0.00767. The van der Waals surface area contributed by atoms with Crippen LogP contribution in [-0.4, -0.2) is 7.11 Å². The molecule has 2 nitrogen and oxygen atoms in total. The monoisotopic (exact) mass is 163 g/mol. The summed E-state index contributed by atoms with van der Waals surface area (Å²) in [6, 6.07) is 8.21. The summed E-state index contributed by atoms with van der Waals surface area (Å²) in [5.41, 5.74) is 7.98. The molecular formula is C10H13NO. The maximum Gasteiger partial charge on any atom is 0.143 e. The quantitative estimate of drug-likeness (QED) is 0.635. The molecule has 1 aliphatic rings. The first-order valence-corrected chi connectivity index (χ1v) is 4.19. The van der Waals surface area contributed by atoms with E-state index in [2.05, 4.69) is 6.07 Å². The Hall–Kier alpha value is -0.860. The van der Waals surface area contributed by atoms with Crippen molar-refractivity contribution in [1.29, 1.82) is 0 Å². The summed E-state index contributed by atoms with van der Waals surface area (Å²) in [6.07, 6.45) is 1.92. The fraction of sp³-hybridized carbons (Fsp3) is 0.400. The van der Waals surface area contributed by atoms with E-state index in [1.54, 1.807) is 7.11 Å². The van der Waals surface area contributed by atoms with Crippen LogP contribution in [0.15, 0.2) is 24.3 Å². The molecule has 1 unspecified atom stereocenters. The van der Waals surface area contributed by atoms with E-state index in [-0.39, 0.29) is 0 Å². The predicted molar refractivity (Wildman–Crippen MR) is 47.6 cm³/mol. The van der Waals surface area contributed by atoms with Crippen molar-refractivity contribution >= 4 is 0 Å². The number of benzene rings is 1. The molecule has 0 fully saturated rings. The molecule has 12 heavy (non-hydrogen) atoms. The van der Waals surface area contributed by atoms with Crippen molar-refractivity contribution in [1.82, 2.24) is 0 Å². The van der Waals surface area contributed by atoms with Crippen molar-refractivity contribution in [3.8, 4) is 0 Å². The summed E-state index contributed by atoms with van der Waals surface area (Å²) in [7, 11) is 1.67. The topological polar surface area (TPSA) is 35.2 Å². The lowest BCUT2D eigenvalue weighted by atomic mass is 10.1. The maximum atomic E-state index is 6.05. The molecule has 0 bridgehead atoms. The number of fused-ring (bicyclic) bond motifs is 1. The Morgan fingerprint density at radius 2 is 2.17 bits per heavy atom. The van der Waals surface area contributed by atoms with Crippen LogP contribution in [0.25, 0.3) is 0 Å². The summed E-state index contributed by atoms with van der Waals surface area (Å²) in [5, 5.41) is 0.